The largest absolute Gasteiger partial charge is 0.355 e. The number of hydrogen-bond acceptors (Lipinski definition) is 2. The molecule has 0 atom stereocenters. The number of fused-ring (bicyclic) bond motifs is 5. The summed E-state index contributed by atoms with van der Waals surface area (Å²) in [4.78, 5) is 2.63. The van der Waals surface area contributed by atoms with Crippen LogP contribution in [0.2, 0.25) is 0 Å². The average molecular weight is 643 g/mol. The van der Waals surface area contributed by atoms with Crippen molar-refractivity contribution in [3.05, 3.63) is 125 Å². The molecule has 1 N–H and O–H groups in total. The topological polar surface area (TPSA) is 15.3 Å². The summed E-state index contributed by atoms with van der Waals surface area (Å²) in [5.74, 6) is 0. The van der Waals surface area contributed by atoms with E-state index in [2.05, 4.69) is 156 Å². The van der Waals surface area contributed by atoms with Crippen molar-refractivity contribution in [3.63, 3.8) is 0 Å². The van der Waals surface area contributed by atoms with E-state index in [-0.39, 0.29) is 16.2 Å². The molecule has 0 aromatic heterocycles. The van der Waals surface area contributed by atoms with Gasteiger partial charge in [0.2, 0.25) is 0 Å². The van der Waals surface area contributed by atoms with Crippen molar-refractivity contribution < 1.29 is 0 Å². The molecule has 0 bridgehead atoms. The molecule has 49 heavy (non-hydrogen) atoms. The summed E-state index contributed by atoms with van der Waals surface area (Å²) in [5, 5.41) is 3.94. The van der Waals surface area contributed by atoms with Crippen LogP contribution in [0.3, 0.4) is 0 Å². The van der Waals surface area contributed by atoms with Crippen molar-refractivity contribution in [3.8, 4) is 11.1 Å². The molecule has 2 heterocycles. The van der Waals surface area contributed by atoms with Crippen molar-refractivity contribution in [1.82, 2.24) is 0 Å². The van der Waals surface area contributed by atoms with Crippen LogP contribution in [0.5, 0.6) is 0 Å². The Labute approximate surface area is 295 Å². The monoisotopic (exact) mass is 642 g/mol. The number of aryl methyl sites for hydroxylation is 1. The van der Waals surface area contributed by atoms with Crippen LogP contribution < -0.4 is 21.1 Å². The maximum absolute atomic E-state index is 3.94. The molecule has 2 aliphatic heterocycles. The Morgan fingerprint density at radius 1 is 0.653 bits per heavy atom. The highest BCUT2D eigenvalue weighted by molar-refractivity contribution is 6.73. The third-order valence-electron chi connectivity index (χ3n) is 12.1. The Balaban J connectivity index is 1.42. The molecule has 0 radical (unpaired) electrons. The summed E-state index contributed by atoms with van der Waals surface area (Å²) < 4.78 is 0. The summed E-state index contributed by atoms with van der Waals surface area (Å²) in [6.45, 7) is 16.9. The summed E-state index contributed by atoms with van der Waals surface area (Å²) in [7, 11) is 0.925. The van der Waals surface area contributed by atoms with Crippen molar-refractivity contribution in [2.45, 2.75) is 103 Å². The molecule has 248 valence electrons. The second kappa shape index (κ2) is 11.7. The number of unbranched alkanes of at least 4 members (excludes halogenated alkanes) is 2. The molecule has 0 spiro atoms. The fraction of sp³-hybridized carbons (Fsp3) is 0.348. The lowest BCUT2D eigenvalue weighted by atomic mass is 9.55. The van der Waals surface area contributed by atoms with Crippen LogP contribution in [0.15, 0.2) is 97.1 Å². The normalized spacial score (nSPS) is 17.2. The second-order valence-electron chi connectivity index (χ2n) is 16.8. The molecule has 0 fully saturated rings. The van der Waals surface area contributed by atoms with Gasteiger partial charge in [-0.2, -0.15) is 0 Å². The summed E-state index contributed by atoms with van der Waals surface area (Å²) in [6.07, 6.45) is 7.18. The smallest absolute Gasteiger partial charge is 0.198 e. The molecule has 0 unspecified atom stereocenters. The minimum Gasteiger partial charge on any atom is -0.355 e. The number of hydrogen-bond donors (Lipinski definition) is 1. The molecule has 8 rings (SSSR count). The van der Waals surface area contributed by atoms with E-state index in [1.807, 2.05) is 0 Å². The Morgan fingerprint density at radius 2 is 1.35 bits per heavy atom. The summed E-state index contributed by atoms with van der Waals surface area (Å²) in [6, 6.07) is 37.1. The molecule has 1 aliphatic carbocycles. The Hall–Kier alpha value is -4.24. The van der Waals surface area contributed by atoms with Crippen molar-refractivity contribution in [2.75, 3.05) is 10.2 Å². The Kier molecular flexibility index (Phi) is 7.63. The van der Waals surface area contributed by atoms with E-state index in [1.165, 1.54) is 105 Å². The first kappa shape index (κ1) is 32.0. The highest BCUT2D eigenvalue weighted by Crippen LogP contribution is 2.53. The molecule has 0 saturated carbocycles. The summed E-state index contributed by atoms with van der Waals surface area (Å²) in [5.41, 5.74) is 19.4. The highest BCUT2D eigenvalue weighted by Gasteiger charge is 2.42. The number of rotatable bonds is 7. The second-order valence-corrected chi connectivity index (χ2v) is 16.8. The average Bonchev–Trinajstić information content (AvgIpc) is 3.09. The molecular formula is C46H51BN2. The van der Waals surface area contributed by atoms with Gasteiger partial charge in [-0.15, -0.1) is 0 Å². The van der Waals surface area contributed by atoms with Crippen molar-refractivity contribution >= 4 is 46.6 Å². The first-order valence-electron chi connectivity index (χ1n) is 18.7. The van der Waals surface area contributed by atoms with E-state index in [1.54, 1.807) is 0 Å². The Morgan fingerprint density at radius 3 is 2.10 bits per heavy atom. The molecular weight excluding hydrogens is 591 g/mol. The van der Waals surface area contributed by atoms with Gasteiger partial charge in [0, 0.05) is 33.7 Å². The van der Waals surface area contributed by atoms with Gasteiger partial charge in [-0.3, -0.25) is 0 Å². The van der Waals surface area contributed by atoms with Gasteiger partial charge in [-0.25, -0.2) is 0 Å². The molecule has 5 aromatic carbocycles. The number of anilines is 5. The van der Waals surface area contributed by atoms with Gasteiger partial charge in [-0.05, 0) is 112 Å². The lowest BCUT2D eigenvalue weighted by Gasteiger charge is -2.46. The Bertz CT molecular complexity index is 2070. The molecule has 5 aromatic rings. The van der Waals surface area contributed by atoms with Gasteiger partial charge in [0.25, 0.3) is 0 Å². The number of para-hydroxylation sites is 3. The zero-order valence-electron chi connectivity index (χ0n) is 30.6. The van der Waals surface area contributed by atoms with Crippen molar-refractivity contribution in [2.24, 2.45) is 0 Å². The van der Waals surface area contributed by atoms with E-state index in [0.717, 1.165) is 19.4 Å². The van der Waals surface area contributed by atoms with E-state index >= 15 is 0 Å². The fourth-order valence-corrected chi connectivity index (χ4v) is 9.09. The van der Waals surface area contributed by atoms with E-state index in [0.29, 0.717) is 0 Å². The van der Waals surface area contributed by atoms with Gasteiger partial charge in [0.15, 0.2) is 7.28 Å². The number of nitrogens with one attached hydrogen (secondary N) is 1. The minimum atomic E-state index is -0.0683. The molecule has 0 amide bonds. The predicted molar refractivity (Wildman–Crippen MR) is 213 cm³/mol. The quantitative estimate of drug-likeness (QED) is 0.138. The van der Waals surface area contributed by atoms with Crippen molar-refractivity contribution in [1.29, 1.82) is 0 Å². The maximum Gasteiger partial charge on any atom is 0.198 e. The van der Waals surface area contributed by atoms with Crippen LogP contribution >= 0.6 is 0 Å². The van der Waals surface area contributed by atoms with Crippen LogP contribution in [0.25, 0.3) is 11.1 Å². The van der Waals surface area contributed by atoms with E-state index in [4.69, 9.17) is 0 Å². The third kappa shape index (κ3) is 5.23. The third-order valence-corrected chi connectivity index (χ3v) is 12.1. The lowest BCUT2D eigenvalue weighted by molar-refractivity contribution is 0.332. The van der Waals surface area contributed by atoms with Crippen LogP contribution in [-0.4, -0.2) is 7.28 Å². The highest BCUT2D eigenvalue weighted by atomic mass is 15.2. The van der Waals surface area contributed by atoms with E-state index in [9.17, 15) is 0 Å². The first-order valence-corrected chi connectivity index (χ1v) is 18.7. The van der Waals surface area contributed by atoms with Gasteiger partial charge in [0.1, 0.15) is 0 Å². The molecule has 2 nitrogen and oxygen atoms in total. The van der Waals surface area contributed by atoms with Crippen LogP contribution in [0, 0.1) is 0 Å². The minimum absolute atomic E-state index is 0.0683. The zero-order valence-corrected chi connectivity index (χ0v) is 30.6. The molecule has 3 heteroatoms. The lowest BCUT2D eigenvalue weighted by Crippen LogP contribution is -2.45. The van der Waals surface area contributed by atoms with Crippen LogP contribution in [-0.2, 0) is 22.7 Å². The molecule has 3 aliphatic rings. The van der Waals surface area contributed by atoms with E-state index < -0.39 is 0 Å². The van der Waals surface area contributed by atoms with Gasteiger partial charge in [-0.1, -0.05) is 127 Å². The zero-order chi connectivity index (χ0) is 34.1. The number of benzene rings is 5. The predicted octanol–water partition coefficient (Wildman–Crippen LogP) is 11.0. The number of nitrogens with zero attached hydrogens (tertiary/aromatic N) is 1. The van der Waals surface area contributed by atoms with Crippen LogP contribution in [0.4, 0.5) is 28.4 Å². The van der Waals surface area contributed by atoms with Crippen LogP contribution in [0.1, 0.15) is 108 Å². The SMILES string of the molecule is CCCCCc1cc(-c2cc3c(cc2Nc2ccccc2)C(C)(C)CCC3(C)C)c2c(c1)N1c3ccccc3C(C)(C)c3cccc(c31)B2. The fourth-order valence-electron chi connectivity index (χ4n) is 9.09. The summed E-state index contributed by atoms with van der Waals surface area (Å²) >= 11 is 0. The molecule has 0 saturated heterocycles. The standard InChI is InChI=1S/C46H51BN2/c1-8-9-11-17-30-26-33(32-28-36-37(45(4,5)25-24-44(36,2)3)29-39(32)48-31-18-12-10-13-19-31)42-41(27-30)49-40-23-15-14-20-34(40)46(6,7)35-21-16-22-38(47-42)43(35)49/h10,12-16,18-23,26-29,47-48H,8-9,11,17,24-25H2,1-7H3. The van der Waals surface area contributed by atoms with Gasteiger partial charge < -0.3 is 10.2 Å². The maximum atomic E-state index is 3.94. The van der Waals surface area contributed by atoms with Gasteiger partial charge >= 0.3 is 0 Å². The van der Waals surface area contributed by atoms with Gasteiger partial charge in [0.05, 0.1) is 5.69 Å². The first-order chi connectivity index (χ1) is 23.5.